The lowest BCUT2D eigenvalue weighted by Gasteiger charge is -2.05. The number of nitro benzene ring substituents is 1. The third kappa shape index (κ3) is 1.94. The molecule has 2 N–H and O–H groups in total. The van der Waals surface area contributed by atoms with Crippen LogP contribution >= 0.6 is 11.6 Å². The summed E-state index contributed by atoms with van der Waals surface area (Å²) in [5.41, 5.74) is 6.70. The van der Waals surface area contributed by atoms with Crippen molar-refractivity contribution in [1.29, 1.82) is 0 Å². The summed E-state index contributed by atoms with van der Waals surface area (Å²) in [4.78, 5) is 10.4. The molecule has 17 heavy (non-hydrogen) atoms. The molecule has 1 aromatic carbocycles. The number of aryl methyl sites for hydroxylation is 1. The van der Waals surface area contributed by atoms with Crippen molar-refractivity contribution in [3.8, 4) is 5.69 Å². The van der Waals surface area contributed by atoms with Crippen molar-refractivity contribution < 1.29 is 4.92 Å². The zero-order valence-corrected chi connectivity index (χ0v) is 9.68. The van der Waals surface area contributed by atoms with Gasteiger partial charge in [0, 0.05) is 16.7 Å². The van der Waals surface area contributed by atoms with Crippen LogP contribution in [0.2, 0.25) is 5.02 Å². The van der Waals surface area contributed by atoms with E-state index in [9.17, 15) is 10.1 Å². The highest BCUT2D eigenvalue weighted by Crippen LogP contribution is 2.28. The fraction of sp³-hybridized carbons (Fsp3) is 0.100. The van der Waals surface area contributed by atoms with Crippen molar-refractivity contribution in [1.82, 2.24) is 9.78 Å². The first-order chi connectivity index (χ1) is 8.00. The lowest BCUT2D eigenvalue weighted by Crippen LogP contribution is -2.05. The lowest BCUT2D eigenvalue weighted by atomic mass is 10.2. The molecular weight excluding hydrogens is 244 g/mol. The molecular formula is C10H9ClN4O2. The fourth-order valence-corrected chi connectivity index (χ4v) is 1.62. The summed E-state index contributed by atoms with van der Waals surface area (Å²) in [5, 5.41) is 15.3. The van der Waals surface area contributed by atoms with E-state index in [1.54, 1.807) is 13.1 Å². The largest absolute Gasteiger partial charge is 0.383 e. The van der Waals surface area contributed by atoms with E-state index in [4.69, 9.17) is 17.3 Å². The topological polar surface area (TPSA) is 87.0 Å². The van der Waals surface area contributed by atoms with Crippen LogP contribution in [0.3, 0.4) is 0 Å². The Hall–Kier alpha value is -2.08. The molecule has 0 atom stereocenters. The van der Waals surface area contributed by atoms with Gasteiger partial charge in [0.2, 0.25) is 0 Å². The van der Waals surface area contributed by atoms with E-state index in [1.807, 2.05) is 0 Å². The summed E-state index contributed by atoms with van der Waals surface area (Å²) in [7, 11) is 0. The van der Waals surface area contributed by atoms with Gasteiger partial charge in [-0.25, -0.2) is 4.68 Å². The first-order valence-corrected chi connectivity index (χ1v) is 5.13. The number of nitrogens with zero attached hydrogens (tertiary/aromatic N) is 3. The number of hydrogen-bond acceptors (Lipinski definition) is 4. The van der Waals surface area contributed by atoms with Crippen molar-refractivity contribution in [2.45, 2.75) is 6.92 Å². The molecule has 88 valence electrons. The Labute approximate surface area is 102 Å². The van der Waals surface area contributed by atoms with E-state index < -0.39 is 4.92 Å². The van der Waals surface area contributed by atoms with E-state index >= 15 is 0 Å². The monoisotopic (exact) mass is 252 g/mol. The van der Waals surface area contributed by atoms with Gasteiger partial charge in [-0.3, -0.25) is 10.1 Å². The number of nitro groups is 1. The third-order valence-corrected chi connectivity index (χ3v) is 2.60. The summed E-state index contributed by atoms with van der Waals surface area (Å²) in [5.74, 6) is 0.357. The minimum absolute atomic E-state index is 0.0933. The van der Waals surface area contributed by atoms with Crippen LogP contribution in [0, 0.1) is 17.0 Å². The van der Waals surface area contributed by atoms with Crippen LogP contribution in [0.25, 0.3) is 5.69 Å². The van der Waals surface area contributed by atoms with Gasteiger partial charge >= 0.3 is 0 Å². The number of rotatable bonds is 2. The molecule has 0 unspecified atom stereocenters. The molecule has 1 aromatic heterocycles. The molecule has 0 saturated heterocycles. The molecule has 7 heteroatoms. The second kappa shape index (κ2) is 4.06. The lowest BCUT2D eigenvalue weighted by molar-refractivity contribution is -0.384. The van der Waals surface area contributed by atoms with Crippen molar-refractivity contribution in [2.24, 2.45) is 0 Å². The van der Waals surface area contributed by atoms with Crippen molar-refractivity contribution >= 4 is 23.1 Å². The number of hydrogen-bond donors (Lipinski definition) is 1. The first kappa shape index (κ1) is 11.4. The Kier molecular flexibility index (Phi) is 2.72. The number of aromatic nitrogens is 2. The SMILES string of the molecule is Cc1cnn(-c2cc(Cl)ccc2[N+](=O)[O-])c1N. The van der Waals surface area contributed by atoms with E-state index in [0.29, 0.717) is 10.8 Å². The molecule has 0 fully saturated rings. The summed E-state index contributed by atoms with van der Waals surface area (Å²) in [6.45, 7) is 1.77. The van der Waals surface area contributed by atoms with E-state index in [-0.39, 0.29) is 11.4 Å². The number of anilines is 1. The Bertz CT molecular complexity index is 594. The molecule has 0 amide bonds. The van der Waals surface area contributed by atoms with Crippen LogP contribution in [0.1, 0.15) is 5.56 Å². The van der Waals surface area contributed by atoms with Crippen molar-refractivity contribution in [3.05, 3.63) is 45.1 Å². The van der Waals surface area contributed by atoms with Gasteiger partial charge in [0.05, 0.1) is 11.1 Å². The molecule has 0 spiro atoms. The summed E-state index contributed by atoms with van der Waals surface area (Å²) >= 11 is 5.83. The molecule has 0 bridgehead atoms. The maximum atomic E-state index is 10.9. The first-order valence-electron chi connectivity index (χ1n) is 4.75. The van der Waals surface area contributed by atoms with Crippen LogP contribution in [-0.4, -0.2) is 14.7 Å². The molecule has 0 aliphatic heterocycles. The van der Waals surface area contributed by atoms with Gasteiger partial charge in [-0.2, -0.15) is 5.10 Å². The van der Waals surface area contributed by atoms with Crippen LogP contribution in [0.5, 0.6) is 0 Å². The highest BCUT2D eigenvalue weighted by molar-refractivity contribution is 6.30. The normalized spacial score (nSPS) is 10.5. The molecule has 6 nitrogen and oxygen atoms in total. The Morgan fingerprint density at radius 1 is 1.53 bits per heavy atom. The standard InChI is InChI=1S/C10H9ClN4O2/c1-6-5-13-14(10(6)12)9-4-7(11)2-3-8(9)15(16)17/h2-5H,12H2,1H3. The summed E-state index contributed by atoms with van der Waals surface area (Å²) in [6.07, 6.45) is 1.54. The van der Waals surface area contributed by atoms with Gasteiger partial charge in [0.1, 0.15) is 11.5 Å². The minimum Gasteiger partial charge on any atom is -0.383 e. The minimum atomic E-state index is -0.498. The third-order valence-electron chi connectivity index (χ3n) is 2.36. The Balaban J connectivity index is 2.69. The van der Waals surface area contributed by atoms with Gasteiger partial charge in [-0.15, -0.1) is 0 Å². The highest BCUT2D eigenvalue weighted by atomic mass is 35.5. The molecule has 2 rings (SSSR count). The predicted octanol–water partition coefficient (Wildman–Crippen LogP) is 2.32. The quantitative estimate of drug-likeness (QED) is 0.656. The molecule has 2 aromatic rings. The Morgan fingerprint density at radius 2 is 2.24 bits per heavy atom. The van der Waals surface area contributed by atoms with Gasteiger partial charge in [0.15, 0.2) is 0 Å². The number of nitrogen functional groups attached to an aromatic ring is 1. The average Bonchev–Trinajstić information content (AvgIpc) is 2.59. The zero-order valence-electron chi connectivity index (χ0n) is 8.92. The Morgan fingerprint density at radius 3 is 2.76 bits per heavy atom. The summed E-state index contributed by atoms with van der Waals surface area (Å²) < 4.78 is 1.30. The van der Waals surface area contributed by atoms with Crippen molar-refractivity contribution in [2.75, 3.05) is 5.73 Å². The predicted molar refractivity (Wildman–Crippen MR) is 64.4 cm³/mol. The second-order valence-corrected chi connectivity index (χ2v) is 3.95. The van der Waals surface area contributed by atoms with Gasteiger partial charge in [-0.05, 0) is 19.1 Å². The van der Waals surface area contributed by atoms with E-state index in [1.165, 1.54) is 22.9 Å². The zero-order chi connectivity index (χ0) is 12.6. The van der Waals surface area contributed by atoms with Gasteiger partial charge in [0.25, 0.3) is 5.69 Å². The maximum Gasteiger partial charge on any atom is 0.295 e. The molecule has 0 saturated carbocycles. The van der Waals surface area contributed by atoms with Crippen LogP contribution in [-0.2, 0) is 0 Å². The van der Waals surface area contributed by atoms with E-state index in [2.05, 4.69) is 5.10 Å². The van der Waals surface area contributed by atoms with Crippen LogP contribution in [0.15, 0.2) is 24.4 Å². The maximum absolute atomic E-state index is 10.9. The number of benzene rings is 1. The van der Waals surface area contributed by atoms with Crippen molar-refractivity contribution in [3.63, 3.8) is 0 Å². The molecule has 0 radical (unpaired) electrons. The van der Waals surface area contributed by atoms with Crippen LogP contribution < -0.4 is 5.73 Å². The number of halogens is 1. The van der Waals surface area contributed by atoms with Gasteiger partial charge in [-0.1, -0.05) is 11.6 Å². The highest BCUT2D eigenvalue weighted by Gasteiger charge is 2.18. The fourth-order valence-electron chi connectivity index (χ4n) is 1.45. The molecule has 0 aliphatic rings. The average molecular weight is 253 g/mol. The smallest absolute Gasteiger partial charge is 0.295 e. The second-order valence-electron chi connectivity index (χ2n) is 3.51. The summed E-state index contributed by atoms with van der Waals surface area (Å²) in [6, 6.07) is 4.24. The molecule has 1 heterocycles. The van der Waals surface area contributed by atoms with E-state index in [0.717, 1.165) is 5.56 Å². The van der Waals surface area contributed by atoms with Gasteiger partial charge < -0.3 is 5.73 Å². The number of nitrogens with two attached hydrogens (primary N) is 1. The van der Waals surface area contributed by atoms with Crippen LogP contribution in [0.4, 0.5) is 11.5 Å². The molecule has 0 aliphatic carbocycles.